The maximum Gasteiger partial charge on any atom is 0.326 e. The topological polar surface area (TPSA) is 98.1 Å². The van der Waals surface area contributed by atoms with Gasteiger partial charge in [0.15, 0.2) is 0 Å². The molecule has 1 saturated heterocycles. The quantitative estimate of drug-likeness (QED) is 0.716. The number of rotatable bonds is 5. The van der Waals surface area contributed by atoms with Crippen molar-refractivity contribution in [2.24, 2.45) is 5.92 Å². The highest BCUT2D eigenvalue weighted by molar-refractivity contribution is 5.85. The number of aromatic hydroxyl groups is 1. The molecule has 1 fully saturated rings. The SMILES string of the molecule is O=C(O)C(Cc1cccc(O)c1)N1CC(CO)CC1=O. The maximum absolute atomic E-state index is 11.8. The molecule has 2 unspecified atom stereocenters. The number of phenols is 1. The number of carboxylic acids is 1. The molecular formula is C14H17NO5. The van der Waals surface area contributed by atoms with Gasteiger partial charge in [0.1, 0.15) is 11.8 Å². The average Bonchev–Trinajstić information content (AvgIpc) is 2.77. The van der Waals surface area contributed by atoms with Crippen molar-refractivity contribution in [2.45, 2.75) is 18.9 Å². The lowest BCUT2D eigenvalue weighted by Gasteiger charge is -2.24. The first kappa shape index (κ1) is 14.3. The Morgan fingerprint density at radius 3 is 2.75 bits per heavy atom. The van der Waals surface area contributed by atoms with Crippen LogP contribution in [0.3, 0.4) is 0 Å². The third-order valence-electron chi connectivity index (χ3n) is 3.50. The molecule has 1 amide bonds. The largest absolute Gasteiger partial charge is 0.508 e. The summed E-state index contributed by atoms with van der Waals surface area (Å²) in [5.41, 5.74) is 0.651. The molecule has 6 heteroatoms. The second kappa shape index (κ2) is 5.92. The van der Waals surface area contributed by atoms with Crippen molar-refractivity contribution in [2.75, 3.05) is 13.2 Å². The monoisotopic (exact) mass is 279 g/mol. The van der Waals surface area contributed by atoms with Crippen LogP contribution in [0, 0.1) is 5.92 Å². The predicted octanol–water partition coefficient (Wildman–Crippen LogP) is 0.229. The molecule has 1 aliphatic rings. The highest BCUT2D eigenvalue weighted by Gasteiger charge is 2.37. The summed E-state index contributed by atoms with van der Waals surface area (Å²) in [6.07, 6.45) is 0.313. The third-order valence-corrected chi connectivity index (χ3v) is 3.50. The van der Waals surface area contributed by atoms with E-state index in [1.165, 1.54) is 17.0 Å². The lowest BCUT2D eigenvalue weighted by Crippen LogP contribution is -2.43. The second-order valence-corrected chi connectivity index (χ2v) is 5.03. The first-order valence-corrected chi connectivity index (χ1v) is 6.42. The molecule has 20 heavy (non-hydrogen) atoms. The predicted molar refractivity (Wildman–Crippen MR) is 70.1 cm³/mol. The number of benzene rings is 1. The standard InChI is InChI=1S/C14H17NO5/c16-8-10-6-13(18)15(7-10)12(14(19)20)5-9-2-1-3-11(17)4-9/h1-4,10,12,16-17H,5-8H2,(H,19,20). The molecule has 0 aliphatic carbocycles. The minimum absolute atomic E-state index is 0.0626. The molecule has 1 aliphatic heterocycles. The third kappa shape index (κ3) is 3.08. The summed E-state index contributed by atoms with van der Waals surface area (Å²) in [4.78, 5) is 24.5. The number of nitrogens with zero attached hydrogens (tertiary/aromatic N) is 1. The van der Waals surface area contributed by atoms with Crippen LogP contribution in [0.25, 0.3) is 0 Å². The number of aliphatic hydroxyl groups is 1. The first-order valence-electron chi connectivity index (χ1n) is 6.42. The van der Waals surface area contributed by atoms with E-state index in [-0.39, 0.29) is 43.6 Å². The first-order chi connectivity index (χ1) is 9.51. The molecule has 0 saturated carbocycles. The number of aliphatic carboxylic acids is 1. The Kier molecular flexibility index (Phi) is 4.24. The number of phenolic OH excluding ortho intramolecular Hbond substituents is 1. The zero-order valence-corrected chi connectivity index (χ0v) is 10.9. The van der Waals surface area contributed by atoms with Crippen molar-refractivity contribution < 1.29 is 24.9 Å². The number of likely N-dealkylation sites (tertiary alicyclic amines) is 1. The van der Waals surface area contributed by atoms with E-state index in [4.69, 9.17) is 5.11 Å². The highest BCUT2D eigenvalue weighted by Crippen LogP contribution is 2.23. The molecule has 1 aromatic rings. The number of carboxylic acid groups (broad SMARTS) is 1. The van der Waals surface area contributed by atoms with Crippen molar-refractivity contribution in [3.8, 4) is 5.75 Å². The van der Waals surface area contributed by atoms with Gasteiger partial charge in [0, 0.05) is 31.9 Å². The van der Waals surface area contributed by atoms with Crippen LogP contribution in [0.15, 0.2) is 24.3 Å². The number of aliphatic hydroxyl groups excluding tert-OH is 1. The Bertz CT molecular complexity index is 516. The number of carbonyl (C=O) groups excluding carboxylic acids is 1. The van der Waals surface area contributed by atoms with Crippen molar-refractivity contribution in [1.29, 1.82) is 0 Å². The molecule has 6 nitrogen and oxygen atoms in total. The van der Waals surface area contributed by atoms with Crippen LogP contribution in [0.5, 0.6) is 5.75 Å². The molecular weight excluding hydrogens is 262 g/mol. The second-order valence-electron chi connectivity index (χ2n) is 5.03. The van der Waals surface area contributed by atoms with Gasteiger partial charge in [-0.15, -0.1) is 0 Å². The Balaban J connectivity index is 2.16. The molecule has 0 radical (unpaired) electrons. The fourth-order valence-electron chi connectivity index (χ4n) is 2.47. The molecule has 2 rings (SSSR count). The zero-order valence-electron chi connectivity index (χ0n) is 10.9. The zero-order chi connectivity index (χ0) is 14.7. The van der Waals surface area contributed by atoms with Crippen LogP contribution in [0.1, 0.15) is 12.0 Å². The van der Waals surface area contributed by atoms with Gasteiger partial charge in [-0.25, -0.2) is 4.79 Å². The Hall–Kier alpha value is -2.08. The van der Waals surface area contributed by atoms with Crippen molar-refractivity contribution in [1.82, 2.24) is 4.90 Å². The molecule has 0 aromatic heterocycles. The van der Waals surface area contributed by atoms with Crippen molar-refractivity contribution in [3.63, 3.8) is 0 Å². The summed E-state index contributed by atoms with van der Waals surface area (Å²) in [7, 11) is 0. The van der Waals surface area contributed by atoms with Gasteiger partial charge in [-0.2, -0.15) is 0 Å². The van der Waals surface area contributed by atoms with Gasteiger partial charge in [0.25, 0.3) is 0 Å². The molecule has 3 N–H and O–H groups in total. The number of hydrogen-bond donors (Lipinski definition) is 3. The summed E-state index contributed by atoms with van der Waals surface area (Å²) in [5.74, 6) is -1.47. The smallest absolute Gasteiger partial charge is 0.326 e. The molecule has 108 valence electrons. The van der Waals surface area contributed by atoms with Gasteiger partial charge < -0.3 is 20.2 Å². The van der Waals surface area contributed by atoms with Crippen LogP contribution in [0.2, 0.25) is 0 Å². The van der Waals surface area contributed by atoms with Crippen molar-refractivity contribution in [3.05, 3.63) is 29.8 Å². The van der Waals surface area contributed by atoms with E-state index in [0.717, 1.165) is 0 Å². The summed E-state index contributed by atoms with van der Waals surface area (Å²) in [6.45, 7) is 0.131. The van der Waals surface area contributed by atoms with Gasteiger partial charge >= 0.3 is 5.97 Å². The minimum Gasteiger partial charge on any atom is -0.508 e. The van der Waals surface area contributed by atoms with Gasteiger partial charge in [0.2, 0.25) is 5.91 Å². The summed E-state index contributed by atoms with van der Waals surface area (Å²) in [6, 6.07) is 5.36. The van der Waals surface area contributed by atoms with Crippen LogP contribution < -0.4 is 0 Å². The van der Waals surface area contributed by atoms with E-state index in [9.17, 15) is 19.8 Å². The Morgan fingerprint density at radius 1 is 1.45 bits per heavy atom. The molecule has 1 aromatic carbocycles. The van der Waals surface area contributed by atoms with Crippen molar-refractivity contribution >= 4 is 11.9 Å². The average molecular weight is 279 g/mol. The van der Waals surface area contributed by atoms with E-state index < -0.39 is 12.0 Å². The molecule has 0 bridgehead atoms. The lowest BCUT2D eigenvalue weighted by molar-refractivity contribution is -0.148. The van der Waals surface area contributed by atoms with E-state index >= 15 is 0 Å². The Morgan fingerprint density at radius 2 is 2.20 bits per heavy atom. The van der Waals surface area contributed by atoms with Crippen LogP contribution >= 0.6 is 0 Å². The van der Waals surface area contributed by atoms with E-state index in [1.807, 2.05) is 0 Å². The lowest BCUT2D eigenvalue weighted by atomic mass is 10.0. The summed E-state index contributed by atoms with van der Waals surface area (Å²) >= 11 is 0. The van der Waals surface area contributed by atoms with Crippen LogP contribution in [-0.2, 0) is 16.0 Å². The number of amides is 1. The number of carbonyl (C=O) groups is 2. The van der Waals surface area contributed by atoms with Gasteiger partial charge in [-0.05, 0) is 17.7 Å². The van der Waals surface area contributed by atoms with E-state index in [0.29, 0.717) is 5.56 Å². The maximum atomic E-state index is 11.8. The number of hydrogen-bond acceptors (Lipinski definition) is 4. The molecule has 0 spiro atoms. The normalized spacial score (nSPS) is 20.1. The van der Waals surface area contributed by atoms with E-state index in [2.05, 4.69) is 0 Å². The summed E-state index contributed by atoms with van der Waals surface area (Å²) in [5, 5.41) is 27.8. The fourth-order valence-corrected chi connectivity index (χ4v) is 2.47. The van der Waals surface area contributed by atoms with E-state index in [1.54, 1.807) is 12.1 Å². The van der Waals surface area contributed by atoms with Gasteiger partial charge in [-0.3, -0.25) is 4.79 Å². The highest BCUT2D eigenvalue weighted by atomic mass is 16.4. The van der Waals surface area contributed by atoms with Crippen LogP contribution in [0.4, 0.5) is 0 Å². The molecule has 2 atom stereocenters. The fraction of sp³-hybridized carbons (Fsp3) is 0.429. The van der Waals surface area contributed by atoms with Crippen LogP contribution in [-0.4, -0.2) is 51.3 Å². The molecule has 1 heterocycles. The Labute approximate surface area is 116 Å². The van der Waals surface area contributed by atoms with Gasteiger partial charge in [0.05, 0.1) is 0 Å². The summed E-state index contributed by atoms with van der Waals surface area (Å²) < 4.78 is 0. The van der Waals surface area contributed by atoms with Gasteiger partial charge in [-0.1, -0.05) is 12.1 Å². The minimum atomic E-state index is -1.08.